The van der Waals surface area contributed by atoms with Crippen molar-refractivity contribution in [2.45, 2.75) is 13.8 Å². The number of carbonyl (C=O) groups is 2. The molecule has 0 aliphatic rings. The molecule has 0 saturated carbocycles. The highest BCUT2D eigenvalue weighted by Gasteiger charge is 2.20. The number of carbonyl (C=O) groups excluding carboxylic acids is 1. The minimum atomic E-state index is -0.991. The second-order valence-electron chi connectivity index (χ2n) is 6.57. The number of hydrogen-bond donors (Lipinski definition) is 3. The number of anilines is 1. The Kier molecular flexibility index (Phi) is 4.19. The maximum atomic E-state index is 13.0. The van der Waals surface area contributed by atoms with Gasteiger partial charge in [0.1, 0.15) is 0 Å². The molecule has 0 unspecified atom stereocenters. The van der Waals surface area contributed by atoms with E-state index in [0.29, 0.717) is 22.6 Å². The predicted molar refractivity (Wildman–Crippen MR) is 106 cm³/mol. The first-order valence-electron chi connectivity index (χ1n) is 8.72. The molecule has 7 heteroatoms. The summed E-state index contributed by atoms with van der Waals surface area (Å²) >= 11 is 0. The topological polar surface area (TPSA) is 100 Å². The highest BCUT2D eigenvalue weighted by molar-refractivity contribution is 6.07. The Bertz CT molecular complexity index is 1220. The number of aromatic amines is 1. The van der Waals surface area contributed by atoms with Crippen LogP contribution >= 0.6 is 0 Å². The average molecular weight is 374 g/mol. The summed E-state index contributed by atoms with van der Waals surface area (Å²) in [7, 11) is 0. The Hall–Kier alpha value is -3.87. The Morgan fingerprint density at radius 2 is 1.86 bits per heavy atom. The van der Waals surface area contributed by atoms with Crippen LogP contribution in [0.5, 0.6) is 0 Å². The zero-order valence-corrected chi connectivity index (χ0v) is 15.4. The molecule has 2 heterocycles. The van der Waals surface area contributed by atoms with Crippen molar-refractivity contribution < 1.29 is 14.7 Å². The van der Waals surface area contributed by atoms with Gasteiger partial charge in [-0.1, -0.05) is 12.1 Å². The van der Waals surface area contributed by atoms with E-state index in [4.69, 9.17) is 0 Å². The Balaban J connectivity index is 1.73. The molecule has 140 valence electrons. The van der Waals surface area contributed by atoms with Crippen molar-refractivity contribution in [2.24, 2.45) is 0 Å². The second kappa shape index (κ2) is 6.70. The van der Waals surface area contributed by atoms with Crippen LogP contribution < -0.4 is 5.32 Å². The summed E-state index contributed by atoms with van der Waals surface area (Å²) in [5, 5.41) is 20.1. The first-order chi connectivity index (χ1) is 13.5. The first kappa shape index (κ1) is 17.5. The van der Waals surface area contributed by atoms with Crippen molar-refractivity contribution in [3.8, 4) is 5.69 Å². The summed E-state index contributed by atoms with van der Waals surface area (Å²) in [5.74, 6) is -1.27. The van der Waals surface area contributed by atoms with Gasteiger partial charge in [0.05, 0.1) is 28.5 Å². The molecule has 3 N–H and O–H groups in total. The summed E-state index contributed by atoms with van der Waals surface area (Å²) in [4.78, 5) is 24.4. The van der Waals surface area contributed by atoms with Crippen LogP contribution in [0, 0.1) is 13.8 Å². The van der Waals surface area contributed by atoms with Gasteiger partial charge in [0.15, 0.2) is 0 Å². The lowest BCUT2D eigenvalue weighted by Crippen LogP contribution is -2.16. The lowest BCUT2D eigenvalue weighted by atomic mass is 10.1. The molecule has 4 aromatic rings. The number of hydrogen-bond acceptors (Lipinski definition) is 3. The van der Waals surface area contributed by atoms with E-state index in [9.17, 15) is 14.7 Å². The van der Waals surface area contributed by atoms with Gasteiger partial charge in [-0.05, 0) is 50.2 Å². The van der Waals surface area contributed by atoms with Gasteiger partial charge in [-0.3, -0.25) is 9.89 Å². The number of aryl methyl sites for hydroxylation is 1. The minimum Gasteiger partial charge on any atom is -0.478 e. The molecule has 0 radical (unpaired) electrons. The maximum absolute atomic E-state index is 13.0. The number of aromatic nitrogens is 3. The number of nitrogens with one attached hydrogen (secondary N) is 2. The molecule has 0 atom stereocenters. The number of para-hydroxylation sites is 1. The highest BCUT2D eigenvalue weighted by Crippen LogP contribution is 2.25. The van der Waals surface area contributed by atoms with Crippen molar-refractivity contribution in [3.63, 3.8) is 0 Å². The Labute approximate surface area is 160 Å². The van der Waals surface area contributed by atoms with Crippen molar-refractivity contribution in [1.82, 2.24) is 14.8 Å². The van der Waals surface area contributed by atoms with E-state index in [1.165, 1.54) is 0 Å². The molecule has 0 bridgehead atoms. The molecule has 4 rings (SSSR count). The van der Waals surface area contributed by atoms with Crippen LogP contribution in [0.4, 0.5) is 5.69 Å². The fourth-order valence-corrected chi connectivity index (χ4v) is 3.43. The molecule has 0 spiro atoms. The third kappa shape index (κ3) is 2.92. The second-order valence-corrected chi connectivity index (χ2v) is 6.57. The van der Waals surface area contributed by atoms with Gasteiger partial charge in [-0.25, -0.2) is 4.79 Å². The van der Waals surface area contributed by atoms with E-state index in [1.54, 1.807) is 48.0 Å². The van der Waals surface area contributed by atoms with Crippen LogP contribution in [0.2, 0.25) is 0 Å². The van der Waals surface area contributed by atoms with Crippen LogP contribution in [0.3, 0.4) is 0 Å². The van der Waals surface area contributed by atoms with Gasteiger partial charge in [-0.2, -0.15) is 5.10 Å². The van der Waals surface area contributed by atoms with E-state index >= 15 is 0 Å². The molecular formula is C21H18N4O3. The number of fused-ring (bicyclic) bond motifs is 1. The largest absolute Gasteiger partial charge is 0.478 e. The van der Waals surface area contributed by atoms with Crippen LogP contribution in [-0.2, 0) is 0 Å². The van der Waals surface area contributed by atoms with E-state index in [2.05, 4.69) is 15.5 Å². The molecule has 0 fully saturated rings. The van der Waals surface area contributed by atoms with Gasteiger partial charge in [0, 0.05) is 22.5 Å². The van der Waals surface area contributed by atoms with Gasteiger partial charge in [0.2, 0.25) is 0 Å². The lowest BCUT2D eigenvalue weighted by Gasteiger charge is -2.15. The number of aromatic carboxylic acids is 1. The summed E-state index contributed by atoms with van der Waals surface area (Å²) in [6.07, 6.45) is 1.69. The number of nitrogens with zero attached hydrogens (tertiary/aromatic N) is 2. The van der Waals surface area contributed by atoms with Crippen molar-refractivity contribution in [3.05, 3.63) is 77.2 Å². The van der Waals surface area contributed by atoms with Gasteiger partial charge in [0.25, 0.3) is 5.91 Å². The summed E-state index contributed by atoms with van der Waals surface area (Å²) in [6, 6.07) is 14.2. The molecular weight excluding hydrogens is 356 g/mol. The fraction of sp³-hybridized carbons (Fsp3) is 0.0952. The van der Waals surface area contributed by atoms with E-state index in [-0.39, 0.29) is 11.5 Å². The fourth-order valence-electron chi connectivity index (χ4n) is 3.43. The number of amides is 1. The summed E-state index contributed by atoms with van der Waals surface area (Å²) in [6.45, 7) is 3.55. The molecule has 0 aliphatic carbocycles. The third-order valence-electron chi connectivity index (χ3n) is 4.75. The molecule has 1 amide bonds. The number of H-pyrrole nitrogens is 1. The highest BCUT2D eigenvalue weighted by atomic mass is 16.4. The van der Waals surface area contributed by atoms with Crippen molar-refractivity contribution >= 4 is 28.5 Å². The van der Waals surface area contributed by atoms with Crippen LogP contribution in [-0.4, -0.2) is 31.7 Å². The molecule has 0 saturated heterocycles. The van der Waals surface area contributed by atoms with Gasteiger partial charge < -0.3 is 15.0 Å². The molecule has 0 aliphatic heterocycles. The minimum absolute atomic E-state index is 0.220. The zero-order valence-electron chi connectivity index (χ0n) is 15.4. The summed E-state index contributed by atoms with van der Waals surface area (Å²) in [5.41, 5.74) is 4.16. The molecule has 2 aromatic heterocycles. The zero-order chi connectivity index (χ0) is 19.8. The number of benzene rings is 2. The number of carboxylic acids is 1. The lowest BCUT2D eigenvalue weighted by molar-refractivity contribution is 0.0696. The summed E-state index contributed by atoms with van der Waals surface area (Å²) < 4.78 is 1.79. The molecule has 2 aromatic carbocycles. The molecule has 7 nitrogen and oxygen atoms in total. The predicted octanol–water partition coefficient (Wildman–Crippen LogP) is 3.92. The van der Waals surface area contributed by atoms with E-state index in [1.807, 2.05) is 25.1 Å². The smallest absolute Gasteiger partial charge is 0.337 e. The van der Waals surface area contributed by atoms with E-state index < -0.39 is 5.97 Å². The van der Waals surface area contributed by atoms with Crippen LogP contribution in [0.1, 0.15) is 32.1 Å². The van der Waals surface area contributed by atoms with Crippen molar-refractivity contribution in [2.75, 3.05) is 5.32 Å². The average Bonchev–Trinajstić information content (AvgIpc) is 3.25. The Morgan fingerprint density at radius 1 is 1.07 bits per heavy atom. The SMILES string of the molecule is Cc1cc(C(=O)O)c(C)n1-c1ccccc1C(=O)Nc1ccc2[nH]ncc2c1. The van der Waals surface area contributed by atoms with Gasteiger partial charge in [-0.15, -0.1) is 0 Å². The standard InChI is InChI=1S/C21H18N4O3/c1-12-9-17(21(27)28)13(2)25(12)19-6-4-3-5-16(19)20(26)23-15-7-8-18-14(10-15)11-22-24-18/h3-11H,1-2H3,(H,22,24)(H,23,26)(H,27,28). The normalized spacial score (nSPS) is 10.9. The van der Waals surface area contributed by atoms with Crippen LogP contribution in [0.25, 0.3) is 16.6 Å². The number of carboxylic acid groups (broad SMARTS) is 1. The van der Waals surface area contributed by atoms with E-state index in [0.717, 1.165) is 16.6 Å². The quantitative estimate of drug-likeness (QED) is 0.504. The first-order valence-corrected chi connectivity index (χ1v) is 8.72. The monoisotopic (exact) mass is 374 g/mol. The third-order valence-corrected chi connectivity index (χ3v) is 4.75. The molecule has 28 heavy (non-hydrogen) atoms. The number of rotatable bonds is 4. The maximum Gasteiger partial charge on any atom is 0.337 e. The van der Waals surface area contributed by atoms with Crippen molar-refractivity contribution in [1.29, 1.82) is 0 Å². The Morgan fingerprint density at radius 3 is 2.61 bits per heavy atom. The van der Waals surface area contributed by atoms with Gasteiger partial charge >= 0.3 is 5.97 Å². The van der Waals surface area contributed by atoms with Crippen LogP contribution in [0.15, 0.2) is 54.7 Å².